The van der Waals surface area contributed by atoms with E-state index in [1.54, 1.807) is 0 Å². The first-order valence-electron chi connectivity index (χ1n) is 6.34. The van der Waals surface area contributed by atoms with Crippen molar-refractivity contribution in [2.45, 2.75) is 18.9 Å². The summed E-state index contributed by atoms with van der Waals surface area (Å²) in [5.74, 6) is 1.42. The molecule has 0 bridgehead atoms. The van der Waals surface area contributed by atoms with Crippen molar-refractivity contribution < 1.29 is 19.0 Å². The Hall–Kier alpha value is -1.55. The number of hydrogen-bond acceptors (Lipinski definition) is 4. The van der Waals surface area contributed by atoms with Crippen LogP contribution >= 0.6 is 0 Å². The van der Waals surface area contributed by atoms with Gasteiger partial charge in [-0.1, -0.05) is 12.1 Å². The third-order valence-electron chi connectivity index (χ3n) is 3.39. The number of carbonyl (C=O) groups is 1. The van der Waals surface area contributed by atoms with Crippen molar-refractivity contribution >= 4 is 5.78 Å². The molecule has 1 saturated heterocycles. The van der Waals surface area contributed by atoms with Crippen LogP contribution in [0.4, 0.5) is 0 Å². The fraction of sp³-hybridized carbons (Fsp3) is 0.500. The minimum absolute atomic E-state index is 0.0439. The normalized spacial score (nSPS) is 26.7. The molecule has 2 aliphatic rings. The predicted octanol–water partition coefficient (Wildman–Crippen LogP) is 1.82. The Bertz CT molecular complexity index is 437. The third kappa shape index (κ3) is 2.20. The first-order valence-corrected chi connectivity index (χ1v) is 6.34. The first kappa shape index (κ1) is 11.5. The lowest BCUT2D eigenvalue weighted by molar-refractivity contribution is -0.136. The molecule has 0 saturated carbocycles. The fourth-order valence-electron chi connectivity index (χ4n) is 2.39. The number of rotatable bonds is 2. The molecule has 4 heteroatoms. The Morgan fingerprint density at radius 2 is 2.00 bits per heavy atom. The number of carbonyl (C=O) groups excluding carboxylic acids is 1. The highest BCUT2D eigenvalue weighted by molar-refractivity contribution is 5.86. The van der Waals surface area contributed by atoms with Gasteiger partial charge in [-0.15, -0.1) is 0 Å². The number of ether oxygens (including phenoxy) is 3. The molecule has 0 N–H and O–H groups in total. The Morgan fingerprint density at radius 1 is 1.17 bits per heavy atom. The summed E-state index contributed by atoms with van der Waals surface area (Å²) in [5.41, 5.74) is 0. The number of benzene rings is 1. The smallest absolute Gasteiger partial charge is 0.191 e. The van der Waals surface area contributed by atoms with Crippen LogP contribution in [0.1, 0.15) is 12.8 Å². The first-order chi connectivity index (χ1) is 8.84. The van der Waals surface area contributed by atoms with E-state index >= 15 is 0 Å². The van der Waals surface area contributed by atoms with Crippen molar-refractivity contribution in [1.82, 2.24) is 0 Å². The van der Waals surface area contributed by atoms with E-state index in [-0.39, 0.29) is 11.7 Å². The molecule has 2 aliphatic heterocycles. The second-order valence-electron chi connectivity index (χ2n) is 4.68. The second-order valence-corrected chi connectivity index (χ2v) is 4.68. The van der Waals surface area contributed by atoms with Crippen LogP contribution in [0.5, 0.6) is 11.5 Å². The van der Waals surface area contributed by atoms with Gasteiger partial charge in [-0.3, -0.25) is 4.79 Å². The molecule has 0 spiro atoms. The minimum atomic E-state index is -0.494. The van der Waals surface area contributed by atoms with Crippen LogP contribution in [-0.2, 0) is 9.53 Å². The van der Waals surface area contributed by atoms with Crippen LogP contribution in [0.3, 0.4) is 0 Å². The zero-order chi connectivity index (χ0) is 12.4. The van der Waals surface area contributed by atoms with E-state index < -0.39 is 6.10 Å². The van der Waals surface area contributed by atoms with Gasteiger partial charge < -0.3 is 14.2 Å². The van der Waals surface area contributed by atoms with Crippen molar-refractivity contribution in [2.24, 2.45) is 5.92 Å². The molecular formula is C14H16O4. The molecule has 0 radical (unpaired) electrons. The monoisotopic (exact) mass is 248 g/mol. The lowest BCUT2D eigenvalue weighted by atomic mass is 9.94. The number of Topliss-reactive ketones (excluding diaryl/α,β-unsaturated/α-hetero) is 1. The molecule has 4 nitrogen and oxygen atoms in total. The Balaban J connectivity index is 1.69. The van der Waals surface area contributed by atoms with Gasteiger partial charge in [0.05, 0.1) is 6.61 Å². The van der Waals surface area contributed by atoms with Crippen LogP contribution in [0, 0.1) is 5.92 Å². The van der Waals surface area contributed by atoms with E-state index in [1.807, 2.05) is 24.3 Å². The molecule has 96 valence electrons. The Kier molecular flexibility index (Phi) is 3.19. The van der Waals surface area contributed by atoms with Crippen molar-refractivity contribution in [3.05, 3.63) is 24.3 Å². The van der Waals surface area contributed by atoms with Gasteiger partial charge in [0.15, 0.2) is 23.4 Å². The topological polar surface area (TPSA) is 44.8 Å². The molecule has 0 aromatic heterocycles. The van der Waals surface area contributed by atoms with E-state index in [1.165, 1.54) is 0 Å². The second kappa shape index (κ2) is 4.98. The zero-order valence-electron chi connectivity index (χ0n) is 10.1. The van der Waals surface area contributed by atoms with Crippen LogP contribution < -0.4 is 9.47 Å². The molecule has 2 heterocycles. The zero-order valence-corrected chi connectivity index (χ0v) is 10.1. The maximum absolute atomic E-state index is 12.3. The van der Waals surface area contributed by atoms with Crippen molar-refractivity contribution in [3.63, 3.8) is 0 Å². The van der Waals surface area contributed by atoms with E-state index in [2.05, 4.69) is 0 Å². The van der Waals surface area contributed by atoms with Gasteiger partial charge in [-0.05, 0) is 25.0 Å². The van der Waals surface area contributed by atoms with Crippen molar-refractivity contribution in [3.8, 4) is 11.5 Å². The molecule has 3 rings (SSSR count). The molecule has 1 fully saturated rings. The highest BCUT2D eigenvalue weighted by atomic mass is 16.6. The lowest BCUT2D eigenvalue weighted by Crippen LogP contribution is -2.42. The summed E-state index contributed by atoms with van der Waals surface area (Å²) in [7, 11) is 0. The summed E-state index contributed by atoms with van der Waals surface area (Å²) in [4.78, 5) is 12.3. The van der Waals surface area contributed by atoms with Crippen LogP contribution in [-0.4, -0.2) is 31.7 Å². The maximum Gasteiger partial charge on any atom is 0.191 e. The summed E-state index contributed by atoms with van der Waals surface area (Å²) in [5, 5.41) is 0. The fourth-order valence-corrected chi connectivity index (χ4v) is 2.39. The quantitative estimate of drug-likeness (QED) is 0.801. The molecule has 0 amide bonds. The lowest BCUT2D eigenvalue weighted by Gasteiger charge is -2.29. The number of fused-ring (bicyclic) bond motifs is 1. The molecular weight excluding hydrogens is 232 g/mol. The number of hydrogen-bond donors (Lipinski definition) is 0. The molecule has 18 heavy (non-hydrogen) atoms. The van der Waals surface area contributed by atoms with Gasteiger partial charge in [0.25, 0.3) is 0 Å². The molecule has 1 aromatic carbocycles. The number of para-hydroxylation sites is 2. The summed E-state index contributed by atoms with van der Waals surface area (Å²) < 4.78 is 16.6. The molecule has 2 unspecified atom stereocenters. The average Bonchev–Trinajstić information content (AvgIpc) is 2.47. The summed E-state index contributed by atoms with van der Waals surface area (Å²) >= 11 is 0. The highest BCUT2D eigenvalue weighted by Crippen LogP contribution is 2.32. The van der Waals surface area contributed by atoms with Gasteiger partial charge in [0.2, 0.25) is 0 Å². The molecule has 1 aromatic rings. The van der Waals surface area contributed by atoms with E-state index in [4.69, 9.17) is 14.2 Å². The van der Waals surface area contributed by atoms with Crippen LogP contribution in [0.25, 0.3) is 0 Å². The Morgan fingerprint density at radius 3 is 2.78 bits per heavy atom. The summed E-state index contributed by atoms with van der Waals surface area (Å²) in [6.07, 6.45) is 1.34. The van der Waals surface area contributed by atoms with Crippen LogP contribution in [0.2, 0.25) is 0 Å². The van der Waals surface area contributed by atoms with Crippen molar-refractivity contribution in [1.29, 1.82) is 0 Å². The SMILES string of the molecule is O=C(C1CCCOC1)C1COc2ccccc2O1. The number of ketones is 1. The largest absolute Gasteiger partial charge is 0.485 e. The van der Waals surface area contributed by atoms with Crippen molar-refractivity contribution in [2.75, 3.05) is 19.8 Å². The predicted molar refractivity (Wildman–Crippen MR) is 64.9 cm³/mol. The minimum Gasteiger partial charge on any atom is -0.485 e. The van der Waals surface area contributed by atoms with E-state index in [0.717, 1.165) is 19.4 Å². The van der Waals surface area contributed by atoms with Gasteiger partial charge >= 0.3 is 0 Å². The maximum atomic E-state index is 12.3. The van der Waals surface area contributed by atoms with E-state index in [9.17, 15) is 4.79 Å². The molecule has 0 aliphatic carbocycles. The average molecular weight is 248 g/mol. The summed E-state index contributed by atoms with van der Waals surface area (Å²) in [6, 6.07) is 7.43. The van der Waals surface area contributed by atoms with Gasteiger partial charge in [0, 0.05) is 12.5 Å². The summed E-state index contributed by atoms with van der Waals surface area (Å²) in [6.45, 7) is 1.57. The Labute approximate surface area is 106 Å². The highest BCUT2D eigenvalue weighted by Gasteiger charge is 2.33. The van der Waals surface area contributed by atoms with Crippen LogP contribution in [0.15, 0.2) is 24.3 Å². The standard InChI is InChI=1S/C14H16O4/c15-14(10-4-3-7-16-8-10)13-9-17-11-5-1-2-6-12(11)18-13/h1-2,5-6,10,13H,3-4,7-9H2. The third-order valence-corrected chi connectivity index (χ3v) is 3.39. The van der Waals surface area contributed by atoms with Gasteiger partial charge in [0.1, 0.15) is 6.61 Å². The molecule has 2 atom stereocenters. The van der Waals surface area contributed by atoms with Gasteiger partial charge in [-0.25, -0.2) is 0 Å². The van der Waals surface area contributed by atoms with Gasteiger partial charge in [-0.2, -0.15) is 0 Å². The van der Waals surface area contributed by atoms with E-state index in [0.29, 0.717) is 24.7 Å².